The van der Waals surface area contributed by atoms with Crippen molar-refractivity contribution in [2.24, 2.45) is 0 Å². The van der Waals surface area contributed by atoms with E-state index in [1.807, 2.05) is 0 Å². The summed E-state index contributed by atoms with van der Waals surface area (Å²) in [4.78, 5) is 34.0. The standard InChI is InChI=1S/C14H19N3O4/c18-12(16-10-5-6-10)4-1-7-15-13(19)9-17-8-2-3-11(17)14(20)21/h2-3,8,10H,1,4-7,9H2,(H,15,19)(H,16,18)(H,20,21). The summed E-state index contributed by atoms with van der Waals surface area (Å²) in [6, 6.07) is 3.38. The van der Waals surface area contributed by atoms with Gasteiger partial charge in [-0.25, -0.2) is 4.79 Å². The molecule has 1 aliphatic rings. The predicted molar refractivity (Wildman–Crippen MR) is 74.8 cm³/mol. The van der Waals surface area contributed by atoms with Crippen LogP contribution in [0.5, 0.6) is 0 Å². The number of nitrogens with zero attached hydrogens (tertiary/aromatic N) is 1. The van der Waals surface area contributed by atoms with Crippen LogP contribution in [0.3, 0.4) is 0 Å². The number of hydrogen-bond donors (Lipinski definition) is 3. The first-order valence-electron chi connectivity index (χ1n) is 7.01. The number of nitrogens with one attached hydrogen (secondary N) is 2. The molecule has 21 heavy (non-hydrogen) atoms. The first kappa shape index (κ1) is 15.1. The van der Waals surface area contributed by atoms with Gasteiger partial charge < -0.3 is 20.3 Å². The van der Waals surface area contributed by atoms with E-state index in [1.165, 1.54) is 10.6 Å². The lowest BCUT2D eigenvalue weighted by Gasteiger charge is -2.08. The number of aromatic carboxylic acids is 1. The maximum Gasteiger partial charge on any atom is 0.352 e. The van der Waals surface area contributed by atoms with Crippen molar-refractivity contribution in [3.05, 3.63) is 24.0 Å². The Morgan fingerprint density at radius 3 is 2.71 bits per heavy atom. The molecule has 114 valence electrons. The number of rotatable bonds is 8. The number of carbonyl (C=O) groups is 3. The molecule has 0 aliphatic heterocycles. The molecule has 1 aromatic rings. The van der Waals surface area contributed by atoms with E-state index in [4.69, 9.17) is 5.11 Å². The number of carboxylic acids is 1. The van der Waals surface area contributed by atoms with Crippen LogP contribution in [0.15, 0.2) is 18.3 Å². The second-order valence-electron chi connectivity index (χ2n) is 5.12. The minimum Gasteiger partial charge on any atom is -0.477 e. The van der Waals surface area contributed by atoms with Crippen molar-refractivity contribution in [1.82, 2.24) is 15.2 Å². The molecule has 7 heteroatoms. The molecule has 1 saturated carbocycles. The lowest BCUT2D eigenvalue weighted by molar-refractivity contribution is -0.123. The second-order valence-corrected chi connectivity index (χ2v) is 5.12. The molecule has 0 bridgehead atoms. The molecular formula is C14H19N3O4. The monoisotopic (exact) mass is 293 g/mol. The maximum absolute atomic E-state index is 11.7. The van der Waals surface area contributed by atoms with E-state index in [1.54, 1.807) is 12.3 Å². The fourth-order valence-corrected chi connectivity index (χ4v) is 1.96. The SMILES string of the molecule is O=C(Cn1cccc1C(=O)O)NCCCC(=O)NC1CC1. The van der Waals surface area contributed by atoms with E-state index in [0.717, 1.165) is 12.8 Å². The quantitative estimate of drug-likeness (QED) is 0.602. The Morgan fingerprint density at radius 2 is 2.05 bits per heavy atom. The minimum absolute atomic E-state index is 0.0188. The van der Waals surface area contributed by atoms with Crippen LogP contribution in [0.2, 0.25) is 0 Å². The van der Waals surface area contributed by atoms with Gasteiger partial charge in [0, 0.05) is 25.2 Å². The normalized spacial score (nSPS) is 13.7. The fourth-order valence-electron chi connectivity index (χ4n) is 1.96. The third-order valence-electron chi connectivity index (χ3n) is 3.21. The third kappa shape index (κ3) is 4.94. The van der Waals surface area contributed by atoms with Crippen molar-refractivity contribution in [3.63, 3.8) is 0 Å². The van der Waals surface area contributed by atoms with Gasteiger partial charge in [0.1, 0.15) is 12.2 Å². The van der Waals surface area contributed by atoms with E-state index >= 15 is 0 Å². The smallest absolute Gasteiger partial charge is 0.352 e. The zero-order chi connectivity index (χ0) is 15.2. The summed E-state index contributed by atoms with van der Waals surface area (Å²) in [6.07, 6.45) is 4.63. The van der Waals surface area contributed by atoms with E-state index in [2.05, 4.69) is 10.6 Å². The Kier molecular flexibility index (Phi) is 4.97. The van der Waals surface area contributed by atoms with Crippen LogP contribution in [0.4, 0.5) is 0 Å². The van der Waals surface area contributed by atoms with Crippen molar-refractivity contribution in [3.8, 4) is 0 Å². The molecule has 2 amide bonds. The van der Waals surface area contributed by atoms with Gasteiger partial charge in [-0.2, -0.15) is 0 Å². The molecule has 1 heterocycles. The van der Waals surface area contributed by atoms with Gasteiger partial charge in [0.05, 0.1) is 0 Å². The van der Waals surface area contributed by atoms with E-state index in [-0.39, 0.29) is 24.1 Å². The lowest BCUT2D eigenvalue weighted by Crippen LogP contribution is -2.31. The van der Waals surface area contributed by atoms with Gasteiger partial charge in [0.2, 0.25) is 11.8 Å². The molecule has 0 atom stereocenters. The second kappa shape index (κ2) is 6.92. The van der Waals surface area contributed by atoms with E-state index in [0.29, 0.717) is 25.4 Å². The summed E-state index contributed by atoms with van der Waals surface area (Å²) < 4.78 is 1.37. The predicted octanol–water partition coefficient (Wildman–Crippen LogP) is 0.361. The Balaban J connectivity index is 1.64. The highest BCUT2D eigenvalue weighted by molar-refractivity contribution is 5.86. The zero-order valence-corrected chi connectivity index (χ0v) is 11.7. The largest absolute Gasteiger partial charge is 0.477 e. The van der Waals surface area contributed by atoms with Gasteiger partial charge in [-0.3, -0.25) is 9.59 Å². The Hall–Kier alpha value is -2.31. The fraction of sp³-hybridized carbons (Fsp3) is 0.500. The summed E-state index contributed by atoms with van der Waals surface area (Å²) in [5.41, 5.74) is 0.0777. The molecule has 2 rings (SSSR count). The van der Waals surface area contributed by atoms with Gasteiger partial charge in [-0.15, -0.1) is 0 Å². The van der Waals surface area contributed by atoms with Crippen molar-refractivity contribution in [2.75, 3.05) is 6.54 Å². The number of amides is 2. The van der Waals surface area contributed by atoms with Gasteiger partial charge >= 0.3 is 5.97 Å². The van der Waals surface area contributed by atoms with Crippen molar-refractivity contribution in [1.29, 1.82) is 0 Å². The number of carbonyl (C=O) groups excluding carboxylic acids is 2. The minimum atomic E-state index is -1.07. The highest BCUT2D eigenvalue weighted by Gasteiger charge is 2.22. The molecule has 3 N–H and O–H groups in total. The number of hydrogen-bond acceptors (Lipinski definition) is 3. The highest BCUT2D eigenvalue weighted by Crippen LogP contribution is 2.18. The summed E-state index contributed by atoms with van der Waals surface area (Å²) in [7, 11) is 0. The molecule has 0 unspecified atom stereocenters. The molecule has 1 aromatic heterocycles. The van der Waals surface area contributed by atoms with Crippen LogP contribution in [0, 0.1) is 0 Å². The van der Waals surface area contributed by atoms with Crippen molar-refractivity contribution in [2.45, 2.75) is 38.3 Å². The van der Waals surface area contributed by atoms with Crippen LogP contribution in [-0.4, -0.2) is 40.0 Å². The molecule has 1 fully saturated rings. The molecular weight excluding hydrogens is 274 g/mol. The first-order chi connectivity index (χ1) is 10.1. The average molecular weight is 293 g/mol. The van der Waals surface area contributed by atoms with Crippen LogP contribution < -0.4 is 10.6 Å². The molecule has 1 aliphatic carbocycles. The third-order valence-corrected chi connectivity index (χ3v) is 3.21. The summed E-state index contributed by atoms with van der Waals surface area (Å²) >= 11 is 0. The van der Waals surface area contributed by atoms with Crippen molar-refractivity contribution < 1.29 is 19.5 Å². The summed E-state index contributed by atoms with van der Waals surface area (Å²) in [6.45, 7) is 0.365. The van der Waals surface area contributed by atoms with Crippen LogP contribution in [0.25, 0.3) is 0 Å². The Bertz CT molecular complexity index is 534. The van der Waals surface area contributed by atoms with E-state index < -0.39 is 5.97 Å². The molecule has 0 radical (unpaired) electrons. The van der Waals surface area contributed by atoms with Crippen LogP contribution in [-0.2, 0) is 16.1 Å². The average Bonchev–Trinajstić information content (AvgIpc) is 3.10. The topological polar surface area (TPSA) is 100 Å². The molecule has 0 spiro atoms. The molecule has 0 aromatic carbocycles. The van der Waals surface area contributed by atoms with Gasteiger partial charge in [-0.1, -0.05) is 0 Å². The summed E-state index contributed by atoms with van der Waals surface area (Å²) in [5.74, 6) is -1.31. The van der Waals surface area contributed by atoms with Gasteiger partial charge in [0.15, 0.2) is 0 Å². The Morgan fingerprint density at radius 1 is 1.29 bits per heavy atom. The van der Waals surface area contributed by atoms with Crippen molar-refractivity contribution >= 4 is 17.8 Å². The lowest BCUT2D eigenvalue weighted by atomic mass is 10.3. The molecule has 7 nitrogen and oxygen atoms in total. The Labute approximate surface area is 122 Å². The van der Waals surface area contributed by atoms with Crippen LogP contribution >= 0.6 is 0 Å². The highest BCUT2D eigenvalue weighted by atomic mass is 16.4. The van der Waals surface area contributed by atoms with Gasteiger partial charge in [0.25, 0.3) is 0 Å². The maximum atomic E-state index is 11.7. The number of aromatic nitrogens is 1. The van der Waals surface area contributed by atoms with Crippen LogP contribution in [0.1, 0.15) is 36.2 Å². The van der Waals surface area contributed by atoms with E-state index in [9.17, 15) is 14.4 Å². The zero-order valence-electron chi connectivity index (χ0n) is 11.7. The van der Waals surface area contributed by atoms with Gasteiger partial charge in [-0.05, 0) is 31.4 Å². The first-order valence-corrected chi connectivity index (χ1v) is 7.01. The number of carboxylic acid groups (broad SMARTS) is 1. The molecule has 0 saturated heterocycles. The summed E-state index contributed by atoms with van der Waals surface area (Å²) in [5, 5.41) is 14.5.